The van der Waals surface area contributed by atoms with Gasteiger partial charge in [0.15, 0.2) is 11.5 Å². The zero-order chi connectivity index (χ0) is 9.14. The standard InChI is InChI=1S/C9H10BrO2/c1-6-4-7(10)9(12-3)8(5-6)11-2/h4-5H,1H2,2-3H3. The molecule has 1 aromatic carbocycles. The molecule has 2 nitrogen and oxygen atoms in total. The minimum absolute atomic E-state index is 0.692. The van der Waals surface area contributed by atoms with Crippen LogP contribution in [0.15, 0.2) is 16.6 Å². The van der Waals surface area contributed by atoms with E-state index < -0.39 is 0 Å². The first kappa shape index (κ1) is 9.39. The van der Waals surface area contributed by atoms with Crippen molar-refractivity contribution in [1.82, 2.24) is 0 Å². The van der Waals surface area contributed by atoms with Gasteiger partial charge in [-0.3, -0.25) is 0 Å². The highest BCUT2D eigenvalue weighted by Crippen LogP contribution is 2.35. The van der Waals surface area contributed by atoms with E-state index in [0.29, 0.717) is 11.5 Å². The van der Waals surface area contributed by atoms with Crippen molar-refractivity contribution >= 4 is 15.9 Å². The molecule has 0 unspecified atom stereocenters. The smallest absolute Gasteiger partial charge is 0.174 e. The molecule has 0 bridgehead atoms. The van der Waals surface area contributed by atoms with E-state index in [0.717, 1.165) is 10.0 Å². The van der Waals surface area contributed by atoms with Crippen molar-refractivity contribution in [3.05, 3.63) is 29.1 Å². The first-order chi connectivity index (χ1) is 5.69. The minimum Gasteiger partial charge on any atom is -0.493 e. The number of hydrogen-bond acceptors (Lipinski definition) is 2. The number of ether oxygens (including phenoxy) is 2. The summed E-state index contributed by atoms with van der Waals surface area (Å²) in [5, 5.41) is 0. The number of halogens is 1. The average Bonchev–Trinajstić information content (AvgIpc) is 2.03. The summed E-state index contributed by atoms with van der Waals surface area (Å²) >= 11 is 3.35. The summed E-state index contributed by atoms with van der Waals surface area (Å²) in [5.74, 6) is 1.39. The minimum atomic E-state index is 0.692. The summed E-state index contributed by atoms with van der Waals surface area (Å²) in [6, 6.07) is 3.70. The number of benzene rings is 1. The molecule has 1 radical (unpaired) electrons. The molecule has 0 fully saturated rings. The van der Waals surface area contributed by atoms with Crippen molar-refractivity contribution in [3.8, 4) is 11.5 Å². The lowest BCUT2D eigenvalue weighted by molar-refractivity contribution is 0.353. The molecule has 0 atom stereocenters. The third-order valence-electron chi connectivity index (χ3n) is 1.49. The third kappa shape index (κ3) is 1.72. The monoisotopic (exact) mass is 229 g/mol. The van der Waals surface area contributed by atoms with Crippen LogP contribution < -0.4 is 9.47 Å². The molecule has 0 saturated carbocycles. The van der Waals surface area contributed by atoms with Crippen molar-refractivity contribution < 1.29 is 9.47 Å². The number of rotatable bonds is 2. The maximum Gasteiger partial charge on any atom is 0.174 e. The summed E-state index contributed by atoms with van der Waals surface area (Å²) in [6.07, 6.45) is 0. The molecule has 0 aliphatic rings. The van der Waals surface area contributed by atoms with E-state index in [9.17, 15) is 0 Å². The highest BCUT2D eigenvalue weighted by Gasteiger charge is 2.07. The Morgan fingerprint density at radius 1 is 1.25 bits per heavy atom. The highest BCUT2D eigenvalue weighted by atomic mass is 79.9. The molecule has 0 N–H and O–H groups in total. The molecule has 3 heteroatoms. The number of hydrogen-bond donors (Lipinski definition) is 0. The van der Waals surface area contributed by atoms with Gasteiger partial charge < -0.3 is 9.47 Å². The van der Waals surface area contributed by atoms with Crippen LogP contribution in [0.2, 0.25) is 0 Å². The predicted octanol–water partition coefficient (Wildman–Crippen LogP) is 2.65. The Morgan fingerprint density at radius 3 is 2.42 bits per heavy atom. The molecule has 0 heterocycles. The first-order valence-electron chi connectivity index (χ1n) is 3.42. The van der Waals surface area contributed by atoms with E-state index in [2.05, 4.69) is 22.9 Å². The second-order valence-electron chi connectivity index (χ2n) is 2.31. The average molecular weight is 230 g/mol. The molecule has 1 aromatic rings. The fraction of sp³-hybridized carbons (Fsp3) is 0.222. The molecule has 0 spiro atoms. The molecule has 0 aliphatic carbocycles. The second-order valence-corrected chi connectivity index (χ2v) is 3.17. The lowest BCUT2D eigenvalue weighted by atomic mass is 10.2. The first-order valence-corrected chi connectivity index (χ1v) is 4.21. The Balaban J connectivity index is 3.24. The largest absolute Gasteiger partial charge is 0.493 e. The lowest BCUT2D eigenvalue weighted by Crippen LogP contribution is -1.91. The Bertz CT molecular complexity index is 284. The van der Waals surface area contributed by atoms with Crippen LogP contribution in [-0.2, 0) is 0 Å². The van der Waals surface area contributed by atoms with Crippen LogP contribution in [0.25, 0.3) is 0 Å². The predicted molar refractivity (Wildman–Crippen MR) is 51.7 cm³/mol. The van der Waals surface area contributed by atoms with Gasteiger partial charge in [0.05, 0.1) is 18.7 Å². The van der Waals surface area contributed by atoms with Gasteiger partial charge in [0.2, 0.25) is 0 Å². The molecule has 0 amide bonds. The fourth-order valence-corrected chi connectivity index (χ4v) is 1.62. The lowest BCUT2D eigenvalue weighted by Gasteiger charge is -2.09. The van der Waals surface area contributed by atoms with Gasteiger partial charge in [-0.25, -0.2) is 0 Å². The topological polar surface area (TPSA) is 18.5 Å². The van der Waals surface area contributed by atoms with Gasteiger partial charge >= 0.3 is 0 Å². The van der Waals surface area contributed by atoms with E-state index in [4.69, 9.17) is 9.47 Å². The van der Waals surface area contributed by atoms with Crippen LogP contribution in [-0.4, -0.2) is 14.2 Å². The van der Waals surface area contributed by atoms with Gasteiger partial charge in [-0.05, 0) is 40.5 Å². The van der Waals surface area contributed by atoms with E-state index in [1.165, 1.54) is 0 Å². The zero-order valence-electron chi connectivity index (χ0n) is 7.06. The summed E-state index contributed by atoms with van der Waals surface area (Å²) in [4.78, 5) is 0. The second kappa shape index (κ2) is 3.81. The van der Waals surface area contributed by atoms with Gasteiger partial charge in [0.25, 0.3) is 0 Å². The molecular formula is C9H10BrO2. The molecular weight excluding hydrogens is 220 g/mol. The van der Waals surface area contributed by atoms with Crippen molar-refractivity contribution in [2.24, 2.45) is 0 Å². The van der Waals surface area contributed by atoms with Crippen LogP contribution in [0.4, 0.5) is 0 Å². The summed E-state index contributed by atoms with van der Waals surface area (Å²) in [6.45, 7) is 3.80. The summed E-state index contributed by atoms with van der Waals surface area (Å²) < 4.78 is 11.1. The van der Waals surface area contributed by atoms with Crippen molar-refractivity contribution in [1.29, 1.82) is 0 Å². The van der Waals surface area contributed by atoms with Gasteiger partial charge in [-0.15, -0.1) is 0 Å². The maximum atomic E-state index is 5.12. The van der Waals surface area contributed by atoms with E-state index in [-0.39, 0.29) is 0 Å². The van der Waals surface area contributed by atoms with Crippen LogP contribution >= 0.6 is 15.9 Å². The molecule has 0 saturated heterocycles. The Kier molecular flexibility index (Phi) is 2.98. The fourth-order valence-electron chi connectivity index (χ4n) is 0.971. The van der Waals surface area contributed by atoms with Gasteiger partial charge in [-0.2, -0.15) is 0 Å². The number of methoxy groups -OCH3 is 2. The quantitative estimate of drug-likeness (QED) is 0.777. The highest BCUT2D eigenvalue weighted by molar-refractivity contribution is 9.10. The van der Waals surface area contributed by atoms with Crippen molar-refractivity contribution in [2.75, 3.05) is 14.2 Å². The van der Waals surface area contributed by atoms with E-state index in [1.807, 2.05) is 12.1 Å². The van der Waals surface area contributed by atoms with Crippen LogP contribution in [0.5, 0.6) is 11.5 Å². The molecule has 0 aromatic heterocycles. The van der Waals surface area contributed by atoms with E-state index >= 15 is 0 Å². The summed E-state index contributed by atoms with van der Waals surface area (Å²) in [7, 11) is 3.20. The van der Waals surface area contributed by atoms with Gasteiger partial charge in [0.1, 0.15) is 0 Å². The van der Waals surface area contributed by atoms with E-state index in [1.54, 1.807) is 14.2 Å². The third-order valence-corrected chi connectivity index (χ3v) is 2.08. The molecule has 1 rings (SSSR count). The molecule has 12 heavy (non-hydrogen) atoms. The normalized spacial score (nSPS) is 9.67. The zero-order valence-corrected chi connectivity index (χ0v) is 8.64. The van der Waals surface area contributed by atoms with Crippen LogP contribution in [0.3, 0.4) is 0 Å². The molecule has 65 valence electrons. The Labute approximate surface area is 80.6 Å². The van der Waals surface area contributed by atoms with Crippen molar-refractivity contribution in [2.45, 2.75) is 0 Å². The van der Waals surface area contributed by atoms with Crippen molar-refractivity contribution in [3.63, 3.8) is 0 Å². The van der Waals surface area contributed by atoms with Gasteiger partial charge in [0, 0.05) is 0 Å². The van der Waals surface area contributed by atoms with Crippen LogP contribution in [0.1, 0.15) is 5.56 Å². The molecule has 0 aliphatic heterocycles. The van der Waals surface area contributed by atoms with Crippen LogP contribution in [0, 0.1) is 6.92 Å². The Morgan fingerprint density at radius 2 is 1.92 bits per heavy atom. The SMILES string of the molecule is [CH2]c1cc(Br)c(OC)c(OC)c1. The van der Waals surface area contributed by atoms with Gasteiger partial charge in [-0.1, -0.05) is 0 Å². The summed E-state index contributed by atoms with van der Waals surface area (Å²) in [5.41, 5.74) is 0.888. The maximum absolute atomic E-state index is 5.12. The Hall–Kier alpha value is -0.700.